The average Bonchev–Trinajstić information content (AvgIpc) is 1.67. The van der Waals surface area contributed by atoms with Gasteiger partial charge in [-0.1, -0.05) is 0 Å². The second-order valence-electron chi connectivity index (χ2n) is 1.75. The van der Waals surface area contributed by atoms with Crippen LogP contribution in [0.15, 0.2) is 0 Å². The van der Waals surface area contributed by atoms with Gasteiger partial charge in [-0.25, -0.2) is 0 Å². The van der Waals surface area contributed by atoms with E-state index in [4.69, 9.17) is 9.84 Å². The molecule has 0 aromatic heterocycles. The first-order valence-corrected chi connectivity index (χ1v) is 2.64. The number of hydrogen-bond donors (Lipinski definition) is 1. The SMILES string of the molecule is CCOC(O)N(C)C. The Bertz CT molecular complexity index is 56.4. The first kappa shape index (κ1) is 7.88. The fourth-order valence-electron chi connectivity index (χ4n) is 0.298. The molecule has 0 rings (SSSR count). The molecule has 1 atom stereocenters. The molecule has 0 saturated heterocycles. The van der Waals surface area contributed by atoms with Crippen molar-refractivity contribution in [2.24, 2.45) is 0 Å². The zero-order valence-corrected chi connectivity index (χ0v) is 5.59. The maximum Gasteiger partial charge on any atom is 0.215 e. The van der Waals surface area contributed by atoms with Crippen LogP contribution in [-0.4, -0.2) is 37.1 Å². The van der Waals surface area contributed by atoms with E-state index in [0.29, 0.717) is 6.61 Å². The molecule has 0 radical (unpaired) electrons. The summed E-state index contributed by atoms with van der Waals surface area (Å²) in [5.74, 6) is 0. The van der Waals surface area contributed by atoms with Crippen LogP contribution in [0.3, 0.4) is 0 Å². The molecule has 0 aliphatic rings. The summed E-state index contributed by atoms with van der Waals surface area (Å²) in [6.07, 6.45) is -0.750. The molecule has 1 N–H and O–H groups in total. The van der Waals surface area contributed by atoms with Crippen molar-refractivity contribution >= 4 is 0 Å². The van der Waals surface area contributed by atoms with Gasteiger partial charge in [0.05, 0.1) is 0 Å². The van der Waals surface area contributed by atoms with Crippen molar-refractivity contribution in [3.8, 4) is 0 Å². The van der Waals surface area contributed by atoms with Crippen LogP contribution in [0.2, 0.25) is 0 Å². The van der Waals surface area contributed by atoms with Gasteiger partial charge in [0.1, 0.15) is 0 Å². The predicted octanol–water partition coefficient (Wildman–Crippen LogP) is -0.140. The molecule has 50 valence electrons. The number of rotatable bonds is 3. The van der Waals surface area contributed by atoms with E-state index in [1.807, 2.05) is 6.92 Å². The third-order valence-corrected chi connectivity index (χ3v) is 0.757. The molecule has 0 aliphatic carbocycles. The quantitative estimate of drug-likeness (QED) is 0.525. The molecule has 0 aromatic carbocycles. The topological polar surface area (TPSA) is 32.7 Å². The third-order valence-electron chi connectivity index (χ3n) is 0.757. The Morgan fingerprint density at radius 2 is 2.12 bits per heavy atom. The van der Waals surface area contributed by atoms with E-state index in [1.165, 1.54) is 0 Å². The largest absolute Gasteiger partial charge is 0.356 e. The molecule has 0 fully saturated rings. The van der Waals surface area contributed by atoms with E-state index >= 15 is 0 Å². The number of aliphatic hydroxyl groups excluding tert-OH is 1. The fourth-order valence-corrected chi connectivity index (χ4v) is 0.298. The zero-order valence-electron chi connectivity index (χ0n) is 5.59. The smallest absolute Gasteiger partial charge is 0.215 e. The highest BCUT2D eigenvalue weighted by atomic mass is 16.6. The van der Waals surface area contributed by atoms with Crippen molar-refractivity contribution < 1.29 is 9.84 Å². The molecule has 0 saturated carbocycles. The highest BCUT2D eigenvalue weighted by Crippen LogP contribution is 1.87. The first-order valence-electron chi connectivity index (χ1n) is 2.64. The van der Waals surface area contributed by atoms with Gasteiger partial charge in [-0.15, -0.1) is 0 Å². The highest BCUT2D eigenvalue weighted by Gasteiger charge is 2.02. The summed E-state index contributed by atoms with van der Waals surface area (Å²) in [7, 11) is 3.50. The summed E-state index contributed by atoms with van der Waals surface area (Å²) in [6.45, 7) is 2.38. The van der Waals surface area contributed by atoms with Crippen molar-refractivity contribution in [1.82, 2.24) is 4.90 Å². The lowest BCUT2D eigenvalue weighted by Crippen LogP contribution is -2.29. The molecule has 0 spiro atoms. The van der Waals surface area contributed by atoms with Crippen molar-refractivity contribution in [3.63, 3.8) is 0 Å². The molecule has 3 heteroatoms. The molecular weight excluding hydrogens is 106 g/mol. The second kappa shape index (κ2) is 3.83. The summed E-state index contributed by atoms with van der Waals surface area (Å²) in [6, 6.07) is 0. The van der Waals surface area contributed by atoms with E-state index in [0.717, 1.165) is 0 Å². The van der Waals surface area contributed by atoms with E-state index in [-0.39, 0.29) is 0 Å². The monoisotopic (exact) mass is 119 g/mol. The van der Waals surface area contributed by atoms with Crippen LogP contribution in [0, 0.1) is 0 Å². The maximum absolute atomic E-state index is 8.83. The lowest BCUT2D eigenvalue weighted by molar-refractivity contribution is -0.173. The predicted molar refractivity (Wildman–Crippen MR) is 31.3 cm³/mol. The molecule has 0 aromatic rings. The molecule has 0 amide bonds. The van der Waals surface area contributed by atoms with Gasteiger partial charge in [0.15, 0.2) is 0 Å². The normalized spacial score (nSPS) is 14.6. The standard InChI is InChI=1S/C5H13NO2/c1-4-8-5(7)6(2)3/h5,7H,4H2,1-3H3. The first-order chi connectivity index (χ1) is 3.68. The van der Waals surface area contributed by atoms with Gasteiger partial charge in [0.2, 0.25) is 6.41 Å². The number of hydrogen-bond acceptors (Lipinski definition) is 3. The summed E-state index contributed by atoms with van der Waals surface area (Å²) < 4.78 is 4.78. The number of ether oxygens (including phenoxy) is 1. The van der Waals surface area contributed by atoms with Gasteiger partial charge in [-0.2, -0.15) is 0 Å². The molecule has 0 heterocycles. The van der Waals surface area contributed by atoms with E-state index in [1.54, 1.807) is 19.0 Å². The Morgan fingerprint density at radius 1 is 1.62 bits per heavy atom. The minimum atomic E-state index is -0.750. The Labute approximate surface area is 49.9 Å². The second-order valence-corrected chi connectivity index (χ2v) is 1.75. The minimum absolute atomic E-state index is 0.541. The van der Waals surface area contributed by atoms with Gasteiger partial charge in [0, 0.05) is 6.61 Å². The van der Waals surface area contributed by atoms with E-state index in [9.17, 15) is 0 Å². The van der Waals surface area contributed by atoms with Crippen LogP contribution in [0.25, 0.3) is 0 Å². The third kappa shape index (κ3) is 2.96. The summed E-state index contributed by atoms with van der Waals surface area (Å²) >= 11 is 0. The van der Waals surface area contributed by atoms with Crippen molar-refractivity contribution in [2.75, 3.05) is 20.7 Å². The van der Waals surface area contributed by atoms with Gasteiger partial charge in [-0.3, -0.25) is 4.90 Å². The van der Waals surface area contributed by atoms with Crippen LogP contribution in [0.1, 0.15) is 6.92 Å². The van der Waals surface area contributed by atoms with Gasteiger partial charge in [0.25, 0.3) is 0 Å². The lowest BCUT2D eigenvalue weighted by Gasteiger charge is -2.16. The van der Waals surface area contributed by atoms with Crippen LogP contribution < -0.4 is 0 Å². The Kier molecular flexibility index (Phi) is 3.77. The van der Waals surface area contributed by atoms with Crippen molar-refractivity contribution in [2.45, 2.75) is 13.3 Å². The van der Waals surface area contributed by atoms with Crippen LogP contribution in [0.5, 0.6) is 0 Å². The molecule has 3 nitrogen and oxygen atoms in total. The number of aliphatic hydroxyl groups is 1. The van der Waals surface area contributed by atoms with Crippen LogP contribution in [0.4, 0.5) is 0 Å². The lowest BCUT2D eigenvalue weighted by atomic mass is 10.8. The Hall–Kier alpha value is -0.120. The zero-order chi connectivity index (χ0) is 6.57. The highest BCUT2D eigenvalue weighted by molar-refractivity contribution is 4.31. The van der Waals surface area contributed by atoms with Crippen LogP contribution in [-0.2, 0) is 4.74 Å². The molecule has 0 bridgehead atoms. The average molecular weight is 119 g/mol. The van der Waals surface area contributed by atoms with Gasteiger partial charge in [-0.05, 0) is 21.0 Å². The Morgan fingerprint density at radius 3 is 2.25 bits per heavy atom. The summed E-state index contributed by atoms with van der Waals surface area (Å²) in [5.41, 5.74) is 0. The van der Waals surface area contributed by atoms with Crippen molar-refractivity contribution in [1.29, 1.82) is 0 Å². The van der Waals surface area contributed by atoms with E-state index in [2.05, 4.69) is 0 Å². The van der Waals surface area contributed by atoms with E-state index < -0.39 is 6.41 Å². The molecule has 0 aliphatic heterocycles. The van der Waals surface area contributed by atoms with Crippen LogP contribution >= 0.6 is 0 Å². The van der Waals surface area contributed by atoms with Gasteiger partial charge < -0.3 is 9.84 Å². The molecule has 8 heavy (non-hydrogen) atoms. The summed E-state index contributed by atoms with van der Waals surface area (Å²) in [4.78, 5) is 1.59. The van der Waals surface area contributed by atoms with Gasteiger partial charge >= 0.3 is 0 Å². The van der Waals surface area contributed by atoms with Crippen molar-refractivity contribution in [3.05, 3.63) is 0 Å². The molecule has 1 unspecified atom stereocenters. The summed E-state index contributed by atoms with van der Waals surface area (Å²) in [5, 5.41) is 8.83. The maximum atomic E-state index is 8.83. The Balaban J connectivity index is 3.17. The fraction of sp³-hybridized carbons (Fsp3) is 1.00. The molecular formula is C5H13NO2. The minimum Gasteiger partial charge on any atom is -0.356 e. The number of nitrogens with zero attached hydrogens (tertiary/aromatic N) is 1.